The predicted octanol–water partition coefficient (Wildman–Crippen LogP) is 2.24. The fraction of sp³-hybridized carbons (Fsp3) is 0.154. The molecule has 0 saturated carbocycles. The molecule has 0 aliphatic heterocycles. The summed E-state index contributed by atoms with van der Waals surface area (Å²) in [6.45, 7) is 5.75. The van der Waals surface area contributed by atoms with E-state index in [-0.39, 0.29) is 0 Å². The lowest BCUT2D eigenvalue weighted by molar-refractivity contribution is -0.136. The minimum absolute atomic E-state index is 0.350. The number of benzene rings is 1. The lowest BCUT2D eigenvalue weighted by Gasteiger charge is -1.93. The van der Waals surface area contributed by atoms with Gasteiger partial charge in [-0.25, -0.2) is 4.79 Å². The third kappa shape index (κ3) is 3.70. The molecule has 0 N–H and O–H groups in total. The fourth-order valence-corrected chi connectivity index (χ4v) is 0.993. The lowest BCUT2D eigenvalue weighted by atomic mass is 10.1. The fourth-order valence-electron chi connectivity index (χ4n) is 0.993. The maximum atomic E-state index is 10.9. The zero-order valence-corrected chi connectivity index (χ0v) is 8.62. The Morgan fingerprint density at radius 2 is 2.13 bits per heavy atom. The van der Waals surface area contributed by atoms with Gasteiger partial charge in [-0.2, -0.15) is 0 Å². The molecule has 0 saturated heterocycles. The Morgan fingerprint density at radius 1 is 1.47 bits per heavy atom. The van der Waals surface area contributed by atoms with Crippen molar-refractivity contribution in [3.8, 4) is 11.8 Å². The first-order chi connectivity index (χ1) is 7.26. The Bertz CT molecular complexity index is 404. The maximum absolute atomic E-state index is 10.9. The number of ether oxygens (including phenoxy) is 1. The van der Waals surface area contributed by atoms with E-state index >= 15 is 0 Å². The van der Waals surface area contributed by atoms with Crippen molar-refractivity contribution in [2.75, 3.05) is 6.61 Å². The van der Waals surface area contributed by atoms with Gasteiger partial charge in [-0.3, -0.25) is 0 Å². The molecule has 0 radical (unpaired) electrons. The molecule has 2 heteroatoms. The van der Waals surface area contributed by atoms with E-state index in [1.807, 2.05) is 24.3 Å². The van der Waals surface area contributed by atoms with Gasteiger partial charge in [0.15, 0.2) is 0 Å². The average molecular weight is 200 g/mol. The molecule has 0 fully saturated rings. The van der Waals surface area contributed by atoms with Crippen molar-refractivity contribution < 1.29 is 9.53 Å². The molecule has 1 aromatic rings. The standard InChI is InChI=1S/C13H12O2/c1-3-11-5-7-12(8-6-11)9-10-13(14)15-4-2/h3,5-8H,1,4H2,2H3. The van der Waals surface area contributed by atoms with E-state index < -0.39 is 5.97 Å². The summed E-state index contributed by atoms with van der Waals surface area (Å²) >= 11 is 0. The van der Waals surface area contributed by atoms with Crippen molar-refractivity contribution in [2.45, 2.75) is 6.92 Å². The summed E-state index contributed by atoms with van der Waals surface area (Å²) in [6.07, 6.45) is 1.75. The van der Waals surface area contributed by atoms with Crippen LogP contribution < -0.4 is 0 Å². The van der Waals surface area contributed by atoms with Crippen LogP contribution in [0.5, 0.6) is 0 Å². The van der Waals surface area contributed by atoms with Gasteiger partial charge < -0.3 is 4.74 Å². The summed E-state index contributed by atoms with van der Waals surface area (Å²) in [5.74, 6) is 4.63. The summed E-state index contributed by atoms with van der Waals surface area (Å²) in [4.78, 5) is 10.9. The van der Waals surface area contributed by atoms with Crippen LogP contribution in [0.25, 0.3) is 6.08 Å². The molecule has 76 valence electrons. The average Bonchev–Trinajstić information content (AvgIpc) is 2.27. The molecule has 2 nitrogen and oxygen atoms in total. The number of carbonyl (C=O) groups is 1. The Hall–Kier alpha value is -2.01. The molecule has 0 spiro atoms. The van der Waals surface area contributed by atoms with Crippen LogP contribution in [0.15, 0.2) is 30.8 Å². The van der Waals surface area contributed by atoms with Gasteiger partial charge in [0.25, 0.3) is 0 Å². The summed E-state index contributed by atoms with van der Waals surface area (Å²) in [5.41, 5.74) is 1.81. The van der Waals surface area contributed by atoms with E-state index in [9.17, 15) is 4.79 Å². The predicted molar refractivity (Wildman–Crippen MR) is 60.0 cm³/mol. The highest BCUT2D eigenvalue weighted by molar-refractivity contribution is 5.89. The van der Waals surface area contributed by atoms with Crippen LogP contribution >= 0.6 is 0 Å². The van der Waals surface area contributed by atoms with Gasteiger partial charge in [0.05, 0.1) is 6.61 Å². The molecule has 0 heterocycles. The highest BCUT2D eigenvalue weighted by Gasteiger charge is 1.92. The second kappa shape index (κ2) is 5.66. The van der Waals surface area contributed by atoms with Crippen LogP contribution in [-0.2, 0) is 9.53 Å². The second-order valence-corrected chi connectivity index (χ2v) is 2.80. The van der Waals surface area contributed by atoms with Gasteiger partial charge in [-0.15, -0.1) is 0 Å². The molecule has 0 atom stereocenters. The quantitative estimate of drug-likeness (QED) is 0.540. The number of rotatable bonds is 2. The molecule has 0 bridgehead atoms. The first kappa shape index (κ1) is 11.1. The molecule has 1 rings (SSSR count). The van der Waals surface area contributed by atoms with Gasteiger partial charge in [0.1, 0.15) is 0 Å². The third-order valence-electron chi connectivity index (χ3n) is 1.73. The van der Waals surface area contributed by atoms with Crippen molar-refractivity contribution in [2.24, 2.45) is 0 Å². The molecular formula is C13H12O2. The number of esters is 1. The summed E-state index contributed by atoms with van der Waals surface area (Å²) in [5, 5.41) is 0. The van der Waals surface area contributed by atoms with E-state index in [4.69, 9.17) is 0 Å². The maximum Gasteiger partial charge on any atom is 0.384 e. The van der Waals surface area contributed by atoms with Gasteiger partial charge >= 0.3 is 5.97 Å². The van der Waals surface area contributed by atoms with E-state index in [0.29, 0.717) is 6.61 Å². The molecular weight excluding hydrogens is 188 g/mol. The molecule has 0 aliphatic carbocycles. The molecule has 0 aliphatic rings. The molecule has 1 aromatic carbocycles. The van der Waals surface area contributed by atoms with Crippen molar-refractivity contribution in [3.05, 3.63) is 42.0 Å². The van der Waals surface area contributed by atoms with Gasteiger partial charge in [-0.1, -0.05) is 30.7 Å². The van der Waals surface area contributed by atoms with Crippen LogP contribution in [0.3, 0.4) is 0 Å². The monoisotopic (exact) mass is 200 g/mol. The molecule has 0 amide bonds. The second-order valence-electron chi connectivity index (χ2n) is 2.80. The van der Waals surface area contributed by atoms with E-state index in [1.165, 1.54) is 0 Å². The minimum Gasteiger partial charge on any atom is -0.456 e. The Kier molecular flexibility index (Phi) is 4.18. The molecule has 0 aromatic heterocycles. The van der Waals surface area contributed by atoms with Crippen LogP contribution in [0.2, 0.25) is 0 Å². The minimum atomic E-state index is -0.495. The van der Waals surface area contributed by atoms with Crippen LogP contribution in [0.4, 0.5) is 0 Å². The summed E-state index contributed by atoms with van der Waals surface area (Å²) < 4.78 is 4.68. The van der Waals surface area contributed by atoms with E-state index in [0.717, 1.165) is 11.1 Å². The Morgan fingerprint density at radius 3 is 2.67 bits per heavy atom. The SMILES string of the molecule is C=Cc1ccc(C#CC(=O)OCC)cc1. The van der Waals surface area contributed by atoms with Crippen molar-refractivity contribution in [1.82, 2.24) is 0 Å². The molecule has 15 heavy (non-hydrogen) atoms. The number of hydrogen-bond donors (Lipinski definition) is 0. The van der Waals surface area contributed by atoms with Gasteiger partial charge in [-0.05, 0) is 24.6 Å². The van der Waals surface area contributed by atoms with Crippen LogP contribution in [0.1, 0.15) is 18.1 Å². The first-order valence-electron chi connectivity index (χ1n) is 4.67. The van der Waals surface area contributed by atoms with Crippen molar-refractivity contribution in [3.63, 3.8) is 0 Å². The first-order valence-corrected chi connectivity index (χ1v) is 4.67. The van der Waals surface area contributed by atoms with Crippen molar-refractivity contribution >= 4 is 12.0 Å². The van der Waals surface area contributed by atoms with E-state index in [1.54, 1.807) is 13.0 Å². The zero-order chi connectivity index (χ0) is 11.1. The third-order valence-corrected chi connectivity index (χ3v) is 1.73. The zero-order valence-electron chi connectivity index (χ0n) is 8.62. The summed E-state index contributed by atoms with van der Waals surface area (Å²) in [6, 6.07) is 7.46. The van der Waals surface area contributed by atoms with Crippen LogP contribution in [0, 0.1) is 11.8 Å². The number of hydrogen-bond acceptors (Lipinski definition) is 2. The largest absolute Gasteiger partial charge is 0.456 e. The topological polar surface area (TPSA) is 26.3 Å². The normalized spacial score (nSPS) is 8.60. The molecule has 0 unspecified atom stereocenters. The highest BCUT2D eigenvalue weighted by atomic mass is 16.5. The lowest BCUT2D eigenvalue weighted by Crippen LogP contribution is -1.99. The summed E-state index contributed by atoms with van der Waals surface area (Å²) in [7, 11) is 0. The number of carbonyl (C=O) groups excluding carboxylic acids is 1. The van der Waals surface area contributed by atoms with Gasteiger partial charge in [0.2, 0.25) is 0 Å². The van der Waals surface area contributed by atoms with Crippen LogP contribution in [-0.4, -0.2) is 12.6 Å². The smallest absolute Gasteiger partial charge is 0.384 e. The Labute approximate surface area is 89.6 Å². The Balaban J connectivity index is 2.72. The van der Waals surface area contributed by atoms with E-state index in [2.05, 4.69) is 23.2 Å². The van der Waals surface area contributed by atoms with Crippen molar-refractivity contribution in [1.29, 1.82) is 0 Å². The highest BCUT2D eigenvalue weighted by Crippen LogP contribution is 2.03. The van der Waals surface area contributed by atoms with Gasteiger partial charge in [0, 0.05) is 11.5 Å².